The first-order chi connectivity index (χ1) is 21.5. The molecule has 224 valence electrons. The van der Waals surface area contributed by atoms with Gasteiger partial charge in [-0.3, -0.25) is 19.6 Å². The predicted molar refractivity (Wildman–Crippen MR) is 161 cm³/mol. The summed E-state index contributed by atoms with van der Waals surface area (Å²) in [5.41, 5.74) is 8.93. The third-order valence-corrected chi connectivity index (χ3v) is 6.45. The van der Waals surface area contributed by atoms with Gasteiger partial charge >= 0.3 is 0 Å². The fourth-order valence-electron chi connectivity index (χ4n) is 4.02. The van der Waals surface area contributed by atoms with Crippen LogP contribution in [-0.2, 0) is 9.47 Å². The largest absolute Gasteiger partial charge is 0.458 e. The molecule has 0 spiro atoms. The van der Waals surface area contributed by atoms with Gasteiger partial charge in [-0.15, -0.1) is 0 Å². The van der Waals surface area contributed by atoms with Crippen molar-refractivity contribution in [3.8, 4) is 11.5 Å². The SMILES string of the molecule is C/C(=N\NC(=O)c1ccc(O[C@H]2OCCO[C@H]2Oc2ccc(C(=O)N/N=C(\C)c3ccncc3)cc2)cc1)c1ccncc1. The number of nitrogens with one attached hydrogen (secondary N) is 2. The van der Waals surface area contributed by atoms with Crippen molar-refractivity contribution in [1.82, 2.24) is 20.8 Å². The van der Waals surface area contributed by atoms with Gasteiger partial charge in [-0.2, -0.15) is 10.2 Å². The van der Waals surface area contributed by atoms with Crippen LogP contribution < -0.4 is 20.3 Å². The van der Waals surface area contributed by atoms with E-state index < -0.39 is 12.6 Å². The van der Waals surface area contributed by atoms with Crippen LogP contribution in [0.2, 0.25) is 0 Å². The quantitative estimate of drug-likeness (QED) is 0.207. The zero-order chi connectivity index (χ0) is 30.7. The average molecular weight is 595 g/mol. The van der Waals surface area contributed by atoms with Gasteiger partial charge in [0.25, 0.3) is 24.4 Å². The number of nitrogens with zero attached hydrogens (tertiary/aromatic N) is 4. The van der Waals surface area contributed by atoms with Gasteiger partial charge in [-0.1, -0.05) is 0 Å². The fraction of sp³-hybridized carbons (Fsp3) is 0.188. The molecule has 0 unspecified atom stereocenters. The van der Waals surface area contributed by atoms with Gasteiger partial charge in [0.05, 0.1) is 24.6 Å². The molecule has 5 rings (SSSR count). The molecular formula is C32H30N6O6. The number of pyridine rings is 2. The van der Waals surface area contributed by atoms with Crippen molar-refractivity contribution in [2.75, 3.05) is 13.2 Å². The number of ether oxygens (including phenoxy) is 4. The molecule has 1 aliphatic heterocycles. The van der Waals surface area contributed by atoms with E-state index in [4.69, 9.17) is 18.9 Å². The summed E-state index contributed by atoms with van der Waals surface area (Å²) in [6.45, 7) is 4.23. The third kappa shape index (κ3) is 8.09. The Morgan fingerprint density at radius 2 is 0.977 bits per heavy atom. The van der Waals surface area contributed by atoms with Crippen LogP contribution in [0.15, 0.2) is 108 Å². The van der Waals surface area contributed by atoms with Crippen molar-refractivity contribution < 1.29 is 28.5 Å². The van der Waals surface area contributed by atoms with Gasteiger partial charge in [0.15, 0.2) is 0 Å². The molecule has 2 atom stereocenters. The highest BCUT2D eigenvalue weighted by atomic mass is 16.8. The Kier molecular flexibility index (Phi) is 9.98. The van der Waals surface area contributed by atoms with E-state index in [9.17, 15) is 9.59 Å². The number of hydrogen-bond donors (Lipinski definition) is 2. The zero-order valence-corrected chi connectivity index (χ0v) is 24.0. The molecule has 3 heterocycles. The van der Waals surface area contributed by atoms with E-state index >= 15 is 0 Å². The number of benzene rings is 2. The lowest BCUT2D eigenvalue weighted by Crippen LogP contribution is -2.45. The average Bonchev–Trinajstić information content (AvgIpc) is 3.08. The Morgan fingerprint density at radius 1 is 0.614 bits per heavy atom. The molecule has 12 nitrogen and oxygen atoms in total. The molecule has 44 heavy (non-hydrogen) atoms. The van der Waals surface area contributed by atoms with Crippen molar-refractivity contribution in [2.45, 2.75) is 26.4 Å². The molecular weight excluding hydrogens is 564 g/mol. The summed E-state index contributed by atoms with van der Waals surface area (Å²) in [5.74, 6) is 0.181. The summed E-state index contributed by atoms with van der Waals surface area (Å²) < 4.78 is 23.4. The van der Waals surface area contributed by atoms with Crippen LogP contribution in [0.4, 0.5) is 0 Å². The van der Waals surface area contributed by atoms with Crippen molar-refractivity contribution >= 4 is 23.2 Å². The molecule has 12 heteroatoms. The van der Waals surface area contributed by atoms with E-state index in [1.807, 2.05) is 24.3 Å². The summed E-state index contributed by atoms with van der Waals surface area (Å²) in [5, 5.41) is 8.31. The summed E-state index contributed by atoms with van der Waals surface area (Å²) in [4.78, 5) is 33.1. The second-order valence-corrected chi connectivity index (χ2v) is 9.51. The first kappa shape index (κ1) is 30.0. The molecule has 1 fully saturated rings. The van der Waals surface area contributed by atoms with E-state index in [0.29, 0.717) is 47.3 Å². The lowest BCUT2D eigenvalue weighted by molar-refractivity contribution is -0.271. The second kappa shape index (κ2) is 14.6. The van der Waals surface area contributed by atoms with Crippen LogP contribution in [-0.4, -0.2) is 59.0 Å². The molecule has 1 aliphatic rings. The topological polar surface area (TPSA) is 146 Å². The highest BCUT2D eigenvalue weighted by Gasteiger charge is 2.31. The Labute approximate surface area is 253 Å². The van der Waals surface area contributed by atoms with Crippen LogP contribution in [0.3, 0.4) is 0 Å². The molecule has 2 amide bonds. The zero-order valence-electron chi connectivity index (χ0n) is 24.0. The van der Waals surface area contributed by atoms with Crippen LogP contribution in [0, 0.1) is 0 Å². The lowest BCUT2D eigenvalue weighted by Gasteiger charge is -2.31. The summed E-state index contributed by atoms with van der Waals surface area (Å²) in [7, 11) is 0. The smallest absolute Gasteiger partial charge is 0.271 e. The second-order valence-electron chi connectivity index (χ2n) is 9.51. The molecule has 0 radical (unpaired) electrons. The molecule has 2 aromatic carbocycles. The Balaban J connectivity index is 1.14. The van der Waals surface area contributed by atoms with Crippen LogP contribution in [0.5, 0.6) is 11.5 Å². The summed E-state index contributed by atoms with van der Waals surface area (Å²) in [6.07, 6.45) is 4.89. The first-order valence-electron chi connectivity index (χ1n) is 13.7. The van der Waals surface area contributed by atoms with E-state index in [1.165, 1.54) is 0 Å². The highest BCUT2D eigenvalue weighted by molar-refractivity contribution is 6.01. The van der Waals surface area contributed by atoms with E-state index in [1.54, 1.807) is 87.2 Å². The maximum absolute atomic E-state index is 12.6. The Hall–Kier alpha value is -5.46. The summed E-state index contributed by atoms with van der Waals surface area (Å²) >= 11 is 0. The van der Waals surface area contributed by atoms with Gasteiger partial charge in [0.1, 0.15) is 11.5 Å². The van der Waals surface area contributed by atoms with Crippen LogP contribution in [0.1, 0.15) is 45.7 Å². The van der Waals surface area contributed by atoms with Crippen molar-refractivity contribution in [3.63, 3.8) is 0 Å². The third-order valence-electron chi connectivity index (χ3n) is 6.45. The minimum absolute atomic E-state index is 0.318. The van der Waals surface area contributed by atoms with E-state index in [2.05, 4.69) is 31.0 Å². The Morgan fingerprint density at radius 3 is 1.34 bits per heavy atom. The molecule has 0 aliphatic carbocycles. The van der Waals surface area contributed by atoms with Gasteiger partial charge in [0.2, 0.25) is 0 Å². The monoisotopic (exact) mass is 594 g/mol. The molecule has 2 aromatic heterocycles. The maximum atomic E-state index is 12.6. The van der Waals surface area contributed by atoms with Gasteiger partial charge in [-0.05, 0) is 86.6 Å². The van der Waals surface area contributed by atoms with Crippen LogP contribution in [0.25, 0.3) is 0 Å². The van der Waals surface area contributed by atoms with E-state index in [0.717, 1.165) is 11.1 Å². The van der Waals surface area contributed by atoms with Crippen molar-refractivity contribution in [1.29, 1.82) is 0 Å². The molecule has 4 aromatic rings. The number of rotatable bonds is 10. The summed E-state index contributed by atoms with van der Waals surface area (Å²) in [6, 6.07) is 20.3. The number of carbonyl (C=O) groups excluding carboxylic acids is 2. The fourth-order valence-corrected chi connectivity index (χ4v) is 4.02. The predicted octanol–water partition coefficient (Wildman–Crippen LogP) is 3.94. The van der Waals surface area contributed by atoms with Crippen molar-refractivity contribution in [2.24, 2.45) is 10.2 Å². The maximum Gasteiger partial charge on any atom is 0.271 e. The van der Waals surface area contributed by atoms with Crippen LogP contribution >= 0.6 is 0 Å². The molecule has 2 N–H and O–H groups in total. The minimum Gasteiger partial charge on any atom is -0.458 e. The number of carbonyl (C=O) groups is 2. The standard InChI is InChI=1S/C32H30N6O6/c1-21(23-11-15-33-16-12-23)35-37-29(39)25-3-7-27(8-4-25)43-31-32(42-20-19-41-31)44-28-9-5-26(6-10-28)30(40)38-36-22(2)24-13-17-34-18-14-24/h3-18,31-32H,19-20H2,1-2H3,(H,37,39)(H,38,40)/b35-21+,36-22+/t31-,32+. The molecule has 0 bridgehead atoms. The lowest BCUT2D eigenvalue weighted by atomic mass is 10.2. The first-order valence-corrected chi connectivity index (χ1v) is 13.7. The number of amides is 2. The molecule has 0 saturated carbocycles. The van der Waals surface area contributed by atoms with Gasteiger partial charge in [-0.25, -0.2) is 10.9 Å². The highest BCUT2D eigenvalue weighted by Crippen LogP contribution is 2.22. The molecule has 1 saturated heterocycles. The van der Waals surface area contributed by atoms with E-state index in [-0.39, 0.29) is 11.8 Å². The normalized spacial score (nSPS) is 17.0. The number of aromatic nitrogens is 2. The minimum atomic E-state index is -0.871. The number of hydrogen-bond acceptors (Lipinski definition) is 10. The van der Waals surface area contributed by atoms with Gasteiger partial charge < -0.3 is 18.9 Å². The number of hydrazone groups is 2. The Bertz CT molecular complexity index is 1490. The van der Waals surface area contributed by atoms with Crippen molar-refractivity contribution in [3.05, 3.63) is 120 Å². The van der Waals surface area contributed by atoms with Gasteiger partial charge in [0, 0.05) is 47.0 Å².